The summed E-state index contributed by atoms with van der Waals surface area (Å²) in [6.07, 6.45) is 1.83. The van der Waals surface area contributed by atoms with Gasteiger partial charge in [-0.1, -0.05) is 57.2 Å². The highest BCUT2D eigenvalue weighted by atomic mass is 32.2. The van der Waals surface area contributed by atoms with Gasteiger partial charge in [0.05, 0.1) is 53.3 Å². The maximum Gasteiger partial charge on any atom is 0.306 e. The molecule has 4 fully saturated rings. The van der Waals surface area contributed by atoms with Crippen LogP contribution in [0.5, 0.6) is 0 Å². The minimum absolute atomic E-state index is 0.00641. The van der Waals surface area contributed by atoms with E-state index in [-0.39, 0.29) is 56.9 Å². The highest BCUT2D eigenvalue weighted by Gasteiger charge is 2.46. The zero-order valence-corrected chi connectivity index (χ0v) is 51.0. The normalized spacial score (nSPS) is 19.4. The number of amides is 3. The maximum absolute atomic E-state index is 15.9. The smallest absolute Gasteiger partial charge is 0.306 e. The lowest BCUT2D eigenvalue weighted by molar-refractivity contribution is -0.152. The summed E-state index contributed by atoms with van der Waals surface area (Å²) < 4.78 is 79.1. The fourth-order valence-corrected chi connectivity index (χ4v) is 14.0. The van der Waals surface area contributed by atoms with Crippen LogP contribution in [0.1, 0.15) is 86.5 Å². The quantitative estimate of drug-likeness (QED) is 0.0362. The molecule has 0 saturated carbocycles. The number of nitrogens with one attached hydrogen (secondary N) is 4. The van der Waals surface area contributed by atoms with Gasteiger partial charge in [-0.2, -0.15) is 12.7 Å². The standard InChI is InChI=1S/C62H72F3N11O10S2/c1-37-57(87-36-69-37)41-7-5-38(6-8-41)29-68-60(82)50-28-45(86-53(80)16-15-52(78)79)34-76(50)61(83)58(62(2,3)4)70-51(77)35-73-25-23-72(24-26-73)32-39-17-20-74(21-18-39)44-11-9-40(10-12-44)42-27-46-47(31-67-59(46)66-30-42)56(81)54-48(64)13-14-49(55(54)65)71-88(84,85)75-22-19-43(63)33-75/h5-14,27,30-31,36,39,43,45,50,58,71H,15-26,28-29,32-35H2,1-4H3,(H,66,67)(H,68,82)(H,70,77)(H,78,79)/t43-,45-,50+,58-/m1/s1. The summed E-state index contributed by atoms with van der Waals surface area (Å²) in [6, 6.07) is 17.0. The molecule has 4 saturated heterocycles. The van der Waals surface area contributed by atoms with E-state index in [1.54, 1.807) is 17.8 Å². The number of ether oxygens (including phenoxy) is 1. The molecule has 6 aromatic rings. The summed E-state index contributed by atoms with van der Waals surface area (Å²) in [5.41, 5.74) is 4.86. The Morgan fingerprint density at radius 3 is 2.22 bits per heavy atom. The lowest BCUT2D eigenvalue weighted by atomic mass is 9.85. The third-order valence-electron chi connectivity index (χ3n) is 16.8. The lowest BCUT2D eigenvalue weighted by Gasteiger charge is -2.39. The van der Waals surface area contributed by atoms with Crippen LogP contribution in [0.3, 0.4) is 0 Å². The number of pyridine rings is 1. The van der Waals surface area contributed by atoms with Crippen molar-refractivity contribution in [3.8, 4) is 21.6 Å². The molecular formula is C62H72F3N11O10S2. The Morgan fingerprint density at radius 2 is 1.56 bits per heavy atom. The molecule has 0 aliphatic carbocycles. The Labute approximate surface area is 512 Å². The topological polar surface area (TPSA) is 260 Å². The van der Waals surface area contributed by atoms with Crippen LogP contribution in [0.15, 0.2) is 84.6 Å². The van der Waals surface area contributed by atoms with Gasteiger partial charge in [-0.25, -0.2) is 23.1 Å². The number of carbonyl (C=O) groups excluding carboxylic acids is 5. The number of piperazine rings is 1. The van der Waals surface area contributed by atoms with Crippen molar-refractivity contribution >= 4 is 79.4 Å². The fourth-order valence-electron chi connectivity index (χ4n) is 11.9. The number of hydrogen-bond donors (Lipinski definition) is 5. The predicted octanol–water partition coefficient (Wildman–Crippen LogP) is 6.93. The number of carbonyl (C=O) groups is 6. The van der Waals surface area contributed by atoms with Crippen molar-refractivity contribution in [3.05, 3.63) is 119 Å². The summed E-state index contributed by atoms with van der Waals surface area (Å²) >= 11 is 1.54. The third-order valence-corrected chi connectivity index (χ3v) is 19.3. The van der Waals surface area contributed by atoms with Crippen LogP contribution in [-0.2, 0) is 45.5 Å². The number of aromatic nitrogens is 3. The molecule has 3 amide bonds. The van der Waals surface area contributed by atoms with E-state index in [4.69, 9.17) is 9.84 Å². The first-order valence-electron chi connectivity index (χ1n) is 29.5. The average Bonchev–Trinajstić information content (AvgIpc) is 2.02. The number of halogens is 3. The Bertz CT molecular complexity index is 3680. The van der Waals surface area contributed by atoms with E-state index >= 15 is 8.78 Å². The Balaban J connectivity index is 0.696. The molecule has 7 heterocycles. The van der Waals surface area contributed by atoms with E-state index in [0.29, 0.717) is 35.6 Å². The number of aliphatic carboxylic acids is 1. The number of benzene rings is 3. The summed E-state index contributed by atoms with van der Waals surface area (Å²) in [4.78, 5) is 101. The number of rotatable bonds is 21. The van der Waals surface area contributed by atoms with Gasteiger partial charge in [0.25, 0.3) is 0 Å². The van der Waals surface area contributed by atoms with E-state index in [1.807, 2.05) is 80.9 Å². The first-order valence-corrected chi connectivity index (χ1v) is 31.8. The number of esters is 1. The van der Waals surface area contributed by atoms with Gasteiger partial charge >= 0.3 is 22.1 Å². The van der Waals surface area contributed by atoms with Gasteiger partial charge in [-0.15, -0.1) is 11.3 Å². The zero-order chi connectivity index (χ0) is 62.6. The number of aryl methyl sites for hydroxylation is 1. The third kappa shape index (κ3) is 14.9. The van der Waals surface area contributed by atoms with Crippen molar-refractivity contribution in [1.29, 1.82) is 0 Å². The zero-order valence-electron chi connectivity index (χ0n) is 49.4. The monoisotopic (exact) mass is 1250 g/mol. The van der Waals surface area contributed by atoms with Gasteiger partial charge in [0.15, 0.2) is 5.82 Å². The average molecular weight is 1250 g/mol. The molecule has 4 aliphatic heterocycles. The number of alkyl halides is 1. The second-order valence-electron chi connectivity index (χ2n) is 24.1. The molecule has 10 rings (SSSR count). The second-order valence-corrected chi connectivity index (χ2v) is 26.7. The second kappa shape index (κ2) is 26.9. The molecule has 0 bridgehead atoms. The number of hydrogen-bond acceptors (Lipinski definition) is 15. The van der Waals surface area contributed by atoms with E-state index in [2.05, 4.69) is 40.3 Å². The van der Waals surface area contributed by atoms with Crippen molar-refractivity contribution in [1.82, 2.24) is 44.6 Å². The van der Waals surface area contributed by atoms with Crippen molar-refractivity contribution in [2.45, 2.75) is 97.1 Å². The van der Waals surface area contributed by atoms with E-state index in [1.165, 1.54) is 22.4 Å². The molecule has 0 unspecified atom stereocenters. The first kappa shape index (κ1) is 63.2. The molecule has 0 spiro atoms. The van der Waals surface area contributed by atoms with E-state index < -0.39 is 105 Å². The molecule has 26 heteroatoms. The van der Waals surface area contributed by atoms with Crippen LogP contribution in [0.2, 0.25) is 0 Å². The molecule has 21 nitrogen and oxygen atoms in total. The molecule has 5 N–H and O–H groups in total. The number of aromatic amines is 1. The van der Waals surface area contributed by atoms with Crippen LogP contribution in [0.4, 0.5) is 24.5 Å². The SMILES string of the molecule is Cc1ncsc1-c1ccc(CNC(=O)[C@@H]2C[C@@H](OC(=O)CCC(=O)O)CN2C(=O)[C@@H](NC(=O)CN2CCN(CC3CCN(c4ccc(-c5cnc6[nH]cc(C(=O)c7c(F)ccc(NS(=O)(=O)N8CC[C@@H](F)C8)c7F)c6c5)cc4)CC3)CC2)C(C)(C)C)cc1. The predicted molar refractivity (Wildman–Crippen MR) is 325 cm³/mol. The maximum atomic E-state index is 15.9. The van der Waals surface area contributed by atoms with E-state index in [0.717, 1.165) is 95.0 Å². The van der Waals surface area contributed by atoms with Crippen LogP contribution < -0.4 is 20.3 Å². The molecule has 4 aliphatic rings. The number of carboxylic acid groups (broad SMARTS) is 1. The van der Waals surface area contributed by atoms with Crippen LogP contribution >= 0.6 is 11.3 Å². The summed E-state index contributed by atoms with van der Waals surface area (Å²) in [5, 5.41) is 15.4. The molecule has 4 atom stereocenters. The van der Waals surface area contributed by atoms with Crippen LogP contribution in [0.25, 0.3) is 32.6 Å². The molecule has 88 heavy (non-hydrogen) atoms. The van der Waals surface area contributed by atoms with Gasteiger partial charge in [-0.3, -0.25) is 38.4 Å². The van der Waals surface area contributed by atoms with Gasteiger partial charge in [0.1, 0.15) is 35.8 Å². The van der Waals surface area contributed by atoms with Crippen molar-refractivity contribution in [2.75, 3.05) is 81.6 Å². The first-order chi connectivity index (χ1) is 42.0. The largest absolute Gasteiger partial charge is 0.481 e. The van der Waals surface area contributed by atoms with Gasteiger partial charge < -0.3 is 40.2 Å². The number of anilines is 2. The van der Waals surface area contributed by atoms with Gasteiger partial charge in [0.2, 0.25) is 23.5 Å². The molecule has 0 radical (unpaired) electrons. The summed E-state index contributed by atoms with van der Waals surface area (Å²) in [7, 11) is -4.39. The van der Waals surface area contributed by atoms with Gasteiger partial charge in [-0.05, 0) is 84.5 Å². The number of nitrogens with zero attached hydrogens (tertiary/aromatic N) is 7. The molecule has 3 aromatic carbocycles. The highest BCUT2D eigenvalue weighted by molar-refractivity contribution is 7.90. The van der Waals surface area contributed by atoms with Gasteiger partial charge in [0, 0.05) is 106 Å². The number of piperidine rings is 1. The number of H-pyrrole nitrogens is 1. The minimum Gasteiger partial charge on any atom is -0.481 e. The highest BCUT2D eigenvalue weighted by Crippen LogP contribution is 2.34. The number of ketones is 1. The van der Waals surface area contributed by atoms with Crippen molar-refractivity contribution < 1.29 is 60.2 Å². The number of likely N-dealkylation sites (tertiary alicyclic amines) is 1. The van der Waals surface area contributed by atoms with Crippen LogP contribution in [-0.4, -0.2) is 179 Å². The molecule has 3 aromatic heterocycles. The number of thiazole rings is 1. The Kier molecular flexibility index (Phi) is 19.3. The molecule has 468 valence electrons. The summed E-state index contributed by atoms with van der Waals surface area (Å²) in [6.45, 7) is 12.5. The van der Waals surface area contributed by atoms with Crippen molar-refractivity contribution in [2.24, 2.45) is 11.3 Å². The Hall–Kier alpha value is -7.78. The minimum atomic E-state index is -4.39. The fraction of sp³-hybridized carbons (Fsp3) is 0.452. The number of fused-ring (bicyclic) bond motifs is 1. The lowest BCUT2D eigenvalue weighted by Crippen LogP contribution is -2.59. The van der Waals surface area contributed by atoms with E-state index in [9.17, 15) is 41.6 Å². The van der Waals surface area contributed by atoms with Crippen molar-refractivity contribution in [3.63, 3.8) is 0 Å². The Morgan fingerprint density at radius 1 is 0.852 bits per heavy atom. The molecular weight excluding hydrogens is 1180 g/mol. The van der Waals surface area contributed by atoms with Crippen LogP contribution in [0, 0.1) is 29.9 Å². The number of carboxylic acids is 1. The summed E-state index contributed by atoms with van der Waals surface area (Å²) in [5.74, 6) is -6.35.